The zero-order valence-corrected chi connectivity index (χ0v) is 8.96. The third kappa shape index (κ3) is 2.21. The van der Waals surface area contributed by atoms with Crippen LogP contribution in [0.5, 0.6) is 5.75 Å². The summed E-state index contributed by atoms with van der Waals surface area (Å²) in [5.74, 6) is 0.918. The fraction of sp³-hybridized carbons (Fsp3) is 0.500. The molecule has 0 radical (unpaired) electrons. The van der Waals surface area contributed by atoms with Crippen LogP contribution in [0, 0.1) is 0 Å². The van der Waals surface area contributed by atoms with E-state index in [4.69, 9.17) is 4.74 Å². The number of ether oxygens (including phenoxy) is 1. The Morgan fingerprint density at radius 2 is 2.15 bits per heavy atom. The molecule has 2 rings (SSSR count). The van der Waals surface area contributed by atoms with Crippen molar-refractivity contribution in [2.24, 2.45) is 0 Å². The largest absolute Gasteiger partial charge is 0.489 e. The average Bonchev–Trinajstić information content (AvgIpc) is 2.61. The van der Waals surface area contributed by atoms with E-state index in [1.807, 2.05) is 6.07 Å². The van der Waals surface area contributed by atoms with Crippen LogP contribution in [0.2, 0.25) is 0 Å². The molecule has 1 aromatic heterocycles. The summed E-state index contributed by atoms with van der Waals surface area (Å²) in [7, 11) is 0. The van der Waals surface area contributed by atoms with Gasteiger partial charge >= 0.3 is 0 Å². The summed E-state index contributed by atoms with van der Waals surface area (Å²) < 4.78 is 6.77. The second kappa shape index (κ2) is 4.09. The Bertz CT molecular complexity index is 284. The Kier molecular flexibility index (Phi) is 2.83. The molecule has 1 aliphatic rings. The first-order valence-electron chi connectivity index (χ1n) is 4.62. The molecule has 1 heterocycles. The highest BCUT2D eigenvalue weighted by molar-refractivity contribution is 9.10. The maximum atomic E-state index is 5.82. The van der Waals surface area contributed by atoms with Crippen LogP contribution in [0.25, 0.3) is 0 Å². The molecule has 0 unspecified atom stereocenters. The highest BCUT2D eigenvalue weighted by atomic mass is 79.9. The summed E-state index contributed by atoms with van der Waals surface area (Å²) in [6.45, 7) is 0. The minimum Gasteiger partial charge on any atom is -0.489 e. The van der Waals surface area contributed by atoms with Gasteiger partial charge < -0.3 is 4.74 Å². The predicted octanol–water partition coefficient (Wildman–Crippen LogP) is 3.17. The second-order valence-electron chi connectivity index (χ2n) is 3.33. The Hall–Kier alpha value is -0.570. The Labute approximate surface area is 86.5 Å². The zero-order chi connectivity index (χ0) is 9.10. The van der Waals surface area contributed by atoms with E-state index in [-0.39, 0.29) is 0 Å². The van der Waals surface area contributed by atoms with E-state index in [0.29, 0.717) is 6.10 Å². The minimum absolute atomic E-state index is 0.415. The van der Waals surface area contributed by atoms with Crippen molar-refractivity contribution < 1.29 is 4.74 Å². The van der Waals surface area contributed by atoms with Gasteiger partial charge in [0.2, 0.25) is 0 Å². The van der Waals surface area contributed by atoms with Gasteiger partial charge in [-0.05, 0) is 47.7 Å². The van der Waals surface area contributed by atoms with Crippen molar-refractivity contribution in [2.75, 3.05) is 0 Å². The molecule has 0 amide bonds. The monoisotopic (exact) mass is 241 g/mol. The van der Waals surface area contributed by atoms with E-state index in [1.165, 1.54) is 25.7 Å². The van der Waals surface area contributed by atoms with Crippen molar-refractivity contribution in [3.05, 3.63) is 22.9 Å². The molecule has 70 valence electrons. The van der Waals surface area contributed by atoms with E-state index >= 15 is 0 Å². The van der Waals surface area contributed by atoms with Crippen molar-refractivity contribution in [2.45, 2.75) is 31.8 Å². The summed E-state index contributed by atoms with van der Waals surface area (Å²) in [5.41, 5.74) is 0. The van der Waals surface area contributed by atoms with E-state index in [2.05, 4.69) is 20.9 Å². The van der Waals surface area contributed by atoms with Gasteiger partial charge in [-0.1, -0.05) is 0 Å². The molecular formula is C10H12BrNO. The SMILES string of the molecule is Brc1cnccc1OC1CCCC1. The van der Waals surface area contributed by atoms with Crippen LogP contribution in [0.3, 0.4) is 0 Å². The molecular weight excluding hydrogens is 230 g/mol. The number of rotatable bonds is 2. The first kappa shape index (κ1) is 9.00. The van der Waals surface area contributed by atoms with Gasteiger partial charge in [-0.3, -0.25) is 4.98 Å². The smallest absolute Gasteiger partial charge is 0.136 e. The molecule has 1 fully saturated rings. The quantitative estimate of drug-likeness (QED) is 0.794. The van der Waals surface area contributed by atoms with Gasteiger partial charge in [0.25, 0.3) is 0 Å². The van der Waals surface area contributed by atoms with Crippen molar-refractivity contribution in [1.82, 2.24) is 4.98 Å². The molecule has 0 spiro atoms. The van der Waals surface area contributed by atoms with Gasteiger partial charge in [0.05, 0.1) is 10.6 Å². The fourth-order valence-electron chi connectivity index (χ4n) is 1.64. The summed E-state index contributed by atoms with van der Waals surface area (Å²) in [6.07, 6.45) is 8.92. The summed E-state index contributed by atoms with van der Waals surface area (Å²) in [4.78, 5) is 3.99. The molecule has 3 heteroatoms. The number of hydrogen-bond donors (Lipinski definition) is 0. The van der Waals surface area contributed by atoms with Crippen LogP contribution in [-0.4, -0.2) is 11.1 Å². The molecule has 0 aromatic carbocycles. The molecule has 0 atom stereocenters. The maximum Gasteiger partial charge on any atom is 0.136 e. The molecule has 0 saturated heterocycles. The molecule has 1 aromatic rings. The van der Waals surface area contributed by atoms with Crippen LogP contribution >= 0.6 is 15.9 Å². The van der Waals surface area contributed by atoms with E-state index in [9.17, 15) is 0 Å². The van der Waals surface area contributed by atoms with Crippen molar-refractivity contribution in [1.29, 1.82) is 0 Å². The number of halogens is 1. The first-order chi connectivity index (χ1) is 6.36. The van der Waals surface area contributed by atoms with Crippen molar-refractivity contribution >= 4 is 15.9 Å². The van der Waals surface area contributed by atoms with Gasteiger partial charge in [0, 0.05) is 12.4 Å². The number of nitrogens with zero attached hydrogens (tertiary/aromatic N) is 1. The third-order valence-corrected chi connectivity index (χ3v) is 2.93. The topological polar surface area (TPSA) is 22.1 Å². The lowest BCUT2D eigenvalue weighted by atomic mass is 10.3. The standard InChI is InChI=1S/C10H12BrNO/c11-9-7-12-6-5-10(9)13-8-3-1-2-4-8/h5-8H,1-4H2. The number of pyridine rings is 1. The van der Waals surface area contributed by atoms with Crippen LogP contribution in [0.1, 0.15) is 25.7 Å². The highest BCUT2D eigenvalue weighted by Crippen LogP contribution is 2.28. The number of hydrogen-bond acceptors (Lipinski definition) is 2. The molecule has 13 heavy (non-hydrogen) atoms. The van der Waals surface area contributed by atoms with E-state index in [0.717, 1.165) is 10.2 Å². The fourth-order valence-corrected chi connectivity index (χ4v) is 1.99. The van der Waals surface area contributed by atoms with Gasteiger partial charge in [-0.25, -0.2) is 0 Å². The molecule has 1 saturated carbocycles. The lowest BCUT2D eigenvalue weighted by Gasteiger charge is -2.13. The lowest BCUT2D eigenvalue weighted by Crippen LogP contribution is -2.11. The van der Waals surface area contributed by atoms with Crippen LogP contribution in [-0.2, 0) is 0 Å². The normalized spacial score (nSPS) is 17.6. The predicted molar refractivity (Wildman–Crippen MR) is 54.8 cm³/mol. The van der Waals surface area contributed by atoms with Gasteiger partial charge in [0.1, 0.15) is 5.75 Å². The molecule has 1 aliphatic carbocycles. The van der Waals surface area contributed by atoms with Crippen LogP contribution in [0.4, 0.5) is 0 Å². The maximum absolute atomic E-state index is 5.82. The van der Waals surface area contributed by atoms with Crippen molar-refractivity contribution in [3.63, 3.8) is 0 Å². The van der Waals surface area contributed by atoms with E-state index in [1.54, 1.807) is 12.4 Å². The molecule has 0 N–H and O–H groups in total. The minimum atomic E-state index is 0.415. The Morgan fingerprint density at radius 3 is 2.85 bits per heavy atom. The second-order valence-corrected chi connectivity index (χ2v) is 4.18. The zero-order valence-electron chi connectivity index (χ0n) is 7.37. The average molecular weight is 242 g/mol. The Balaban J connectivity index is 2.04. The van der Waals surface area contributed by atoms with E-state index < -0.39 is 0 Å². The molecule has 0 bridgehead atoms. The highest BCUT2D eigenvalue weighted by Gasteiger charge is 2.17. The van der Waals surface area contributed by atoms with Gasteiger partial charge in [0.15, 0.2) is 0 Å². The lowest BCUT2D eigenvalue weighted by molar-refractivity contribution is 0.208. The van der Waals surface area contributed by atoms with Crippen LogP contribution < -0.4 is 4.74 Å². The summed E-state index contributed by atoms with van der Waals surface area (Å²) in [5, 5.41) is 0. The van der Waals surface area contributed by atoms with Gasteiger partial charge in [-0.2, -0.15) is 0 Å². The van der Waals surface area contributed by atoms with Crippen molar-refractivity contribution in [3.8, 4) is 5.75 Å². The summed E-state index contributed by atoms with van der Waals surface area (Å²) in [6, 6.07) is 1.91. The Morgan fingerprint density at radius 1 is 1.38 bits per heavy atom. The molecule has 2 nitrogen and oxygen atoms in total. The third-order valence-electron chi connectivity index (χ3n) is 2.33. The number of aromatic nitrogens is 1. The molecule has 0 aliphatic heterocycles. The summed E-state index contributed by atoms with van der Waals surface area (Å²) >= 11 is 3.42. The van der Waals surface area contributed by atoms with Gasteiger partial charge in [-0.15, -0.1) is 0 Å². The van der Waals surface area contributed by atoms with Crippen LogP contribution in [0.15, 0.2) is 22.9 Å². The first-order valence-corrected chi connectivity index (χ1v) is 5.42.